The number of hydrogen-bond acceptors (Lipinski definition) is 8. The van der Waals surface area contributed by atoms with Gasteiger partial charge in [0.15, 0.2) is 10.9 Å². The molecule has 0 aliphatic heterocycles. The fraction of sp³-hybridized carbons (Fsp3) is 0.300. The highest BCUT2D eigenvalue weighted by Crippen LogP contribution is 2.38. The summed E-state index contributed by atoms with van der Waals surface area (Å²) in [7, 11) is 0. The summed E-state index contributed by atoms with van der Waals surface area (Å²) in [5, 5.41) is 11.1. The summed E-state index contributed by atoms with van der Waals surface area (Å²) >= 11 is 1.01. The zero-order valence-electron chi connectivity index (χ0n) is 22.8. The van der Waals surface area contributed by atoms with Gasteiger partial charge in [0.1, 0.15) is 11.5 Å². The van der Waals surface area contributed by atoms with Crippen LogP contribution in [0.2, 0.25) is 0 Å². The first-order chi connectivity index (χ1) is 18.6. The fourth-order valence-electron chi connectivity index (χ4n) is 3.63. The minimum atomic E-state index is -0.454. The van der Waals surface area contributed by atoms with Crippen LogP contribution in [0, 0.1) is 17.8 Å². The highest BCUT2D eigenvalue weighted by atomic mass is 32.2. The predicted octanol–water partition coefficient (Wildman–Crippen LogP) is 6.49. The molecule has 0 N–H and O–H groups in total. The molecule has 39 heavy (non-hydrogen) atoms. The number of thioether (sulfide) groups is 1. The molecule has 0 saturated heterocycles. The second-order valence-corrected chi connectivity index (χ2v) is 11.0. The van der Waals surface area contributed by atoms with E-state index in [0.717, 1.165) is 28.2 Å². The molecular formula is C30H31N3O5S. The molecular weight excluding hydrogens is 514 g/mol. The van der Waals surface area contributed by atoms with Crippen molar-refractivity contribution in [3.63, 3.8) is 0 Å². The van der Waals surface area contributed by atoms with Gasteiger partial charge < -0.3 is 9.47 Å². The first kappa shape index (κ1) is 28.0. The van der Waals surface area contributed by atoms with Gasteiger partial charge in [-0.05, 0) is 35.3 Å². The van der Waals surface area contributed by atoms with Crippen molar-refractivity contribution in [3.05, 3.63) is 60.7 Å². The lowest BCUT2D eigenvalue weighted by molar-refractivity contribution is -0.138. The van der Waals surface area contributed by atoms with Gasteiger partial charge in [-0.15, -0.1) is 10.2 Å². The number of rotatable bonds is 8. The van der Waals surface area contributed by atoms with E-state index in [1.807, 2.05) is 56.3 Å². The summed E-state index contributed by atoms with van der Waals surface area (Å²) in [5.74, 6) is -1.03. The number of fused-ring (bicyclic) bond motifs is 1. The predicted molar refractivity (Wildman–Crippen MR) is 151 cm³/mol. The van der Waals surface area contributed by atoms with Crippen LogP contribution >= 0.6 is 11.8 Å². The van der Waals surface area contributed by atoms with E-state index >= 15 is 0 Å². The summed E-state index contributed by atoms with van der Waals surface area (Å²) < 4.78 is 13.1. The van der Waals surface area contributed by atoms with E-state index in [2.05, 4.69) is 10.2 Å². The first-order valence-electron chi connectivity index (χ1n) is 12.8. The molecule has 0 saturated carbocycles. The summed E-state index contributed by atoms with van der Waals surface area (Å²) in [4.78, 5) is 37.7. The van der Waals surface area contributed by atoms with Crippen LogP contribution in [0.15, 0.2) is 65.8 Å². The molecule has 0 bridgehead atoms. The van der Waals surface area contributed by atoms with Crippen LogP contribution in [0.4, 0.5) is 0 Å². The number of carbonyl (C=O) groups is 3. The summed E-state index contributed by atoms with van der Waals surface area (Å²) in [6.07, 6.45) is 0. The van der Waals surface area contributed by atoms with E-state index in [4.69, 9.17) is 9.47 Å². The molecule has 0 fully saturated rings. The third-order valence-corrected chi connectivity index (χ3v) is 6.99. The van der Waals surface area contributed by atoms with Gasteiger partial charge in [-0.25, -0.2) is 0 Å². The standard InChI is InChI=1S/C30H31N3O5S/c1-17(2)27(34)37-21-14-15-23(25(16-21)38-28(35)18(3)4)26-31-32-30(39-29(36)19(5)6)33(26)24-13-9-11-20-10-7-8-12-22(20)24/h7-19H,1-6H3. The Balaban J connectivity index is 1.94. The molecule has 0 unspecified atom stereocenters. The van der Waals surface area contributed by atoms with E-state index in [1.165, 1.54) is 6.07 Å². The van der Waals surface area contributed by atoms with Crippen LogP contribution in [0.3, 0.4) is 0 Å². The Morgan fingerprint density at radius 2 is 1.44 bits per heavy atom. The van der Waals surface area contributed by atoms with E-state index in [-0.39, 0.29) is 28.5 Å². The summed E-state index contributed by atoms with van der Waals surface area (Å²) in [5.41, 5.74) is 1.22. The zero-order valence-corrected chi connectivity index (χ0v) is 23.6. The summed E-state index contributed by atoms with van der Waals surface area (Å²) in [6, 6.07) is 18.5. The van der Waals surface area contributed by atoms with Crippen LogP contribution in [0.1, 0.15) is 41.5 Å². The van der Waals surface area contributed by atoms with Crippen molar-refractivity contribution in [1.82, 2.24) is 14.8 Å². The highest BCUT2D eigenvalue weighted by Gasteiger charge is 2.25. The Kier molecular flexibility index (Phi) is 8.50. The minimum absolute atomic E-state index is 0.0576. The number of nitrogens with zero attached hydrogens (tertiary/aromatic N) is 3. The first-order valence-corrected chi connectivity index (χ1v) is 13.6. The minimum Gasteiger partial charge on any atom is -0.426 e. The van der Waals surface area contributed by atoms with Gasteiger partial charge in [0.05, 0.1) is 23.1 Å². The number of carbonyl (C=O) groups excluding carboxylic acids is 3. The lowest BCUT2D eigenvalue weighted by Gasteiger charge is -2.16. The van der Waals surface area contributed by atoms with E-state index in [9.17, 15) is 14.4 Å². The largest absolute Gasteiger partial charge is 0.426 e. The number of esters is 2. The summed E-state index contributed by atoms with van der Waals surface area (Å²) in [6.45, 7) is 10.6. The Bertz CT molecular complexity index is 1540. The lowest BCUT2D eigenvalue weighted by atomic mass is 10.1. The molecule has 4 rings (SSSR count). The third kappa shape index (κ3) is 6.20. The zero-order chi connectivity index (χ0) is 28.3. The molecule has 0 radical (unpaired) electrons. The smallest absolute Gasteiger partial charge is 0.313 e. The maximum Gasteiger partial charge on any atom is 0.313 e. The van der Waals surface area contributed by atoms with Gasteiger partial charge in [0, 0.05) is 17.4 Å². The maximum atomic E-state index is 12.8. The second kappa shape index (κ2) is 11.8. The molecule has 1 heterocycles. The van der Waals surface area contributed by atoms with Crippen LogP contribution in [0.5, 0.6) is 11.5 Å². The van der Waals surface area contributed by atoms with E-state index in [0.29, 0.717) is 16.5 Å². The highest BCUT2D eigenvalue weighted by molar-refractivity contribution is 8.13. The van der Waals surface area contributed by atoms with Gasteiger partial charge in [0.2, 0.25) is 5.16 Å². The molecule has 0 aliphatic rings. The second-order valence-electron chi connectivity index (χ2n) is 10.0. The number of hydrogen-bond donors (Lipinski definition) is 0. The quantitative estimate of drug-likeness (QED) is 0.141. The SMILES string of the molecule is CC(C)C(=O)Oc1ccc(-c2nnc(SC(=O)C(C)C)n2-c2cccc3ccccc23)c(OC(=O)C(C)C)c1. The van der Waals surface area contributed by atoms with Gasteiger partial charge in [-0.2, -0.15) is 0 Å². The number of ether oxygens (including phenoxy) is 2. The Morgan fingerprint density at radius 3 is 2.13 bits per heavy atom. The van der Waals surface area contributed by atoms with Gasteiger partial charge in [-0.1, -0.05) is 77.9 Å². The average Bonchev–Trinajstić information content (AvgIpc) is 3.31. The molecule has 202 valence electrons. The number of aromatic nitrogens is 3. The molecule has 0 spiro atoms. The third-order valence-electron chi connectivity index (χ3n) is 5.87. The fourth-order valence-corrected chi connectivity index (χ4v) is 4.41. The van der Waals surface area contributed by atoms with Crippen molar-refractivity contribution in [1.29, 1.82) is 0 Å². The van der Waals surface area contributed by atoms with Crippen molar-refractivity contribution in [2.75, 3.05) is 0 Å². The monoisotopic (exact) mass is 545 g/mol. The van der Waals surface area contributed by atoms with Crippen molar-refractivity contribution >= 4 is 39.6 Å². The Labute approximate surface area is 231 Å². The van der Waals surface area contributed by atoms with Gasteiger partial charge in [-0.3, -0.25) is 19.0 Å². The molecule has 9 heteroatoms. The van der Waals surface area contributed by atoms with Crippen LogP contribution in [0.25, 0.3) is 27.8 Å². The molecule has 4 aromatic rings. The molecule has 0 aliphatic carbocycles. The van der Waals surface area contributed by atoms with E-state index < -0.39 is 17.9 Å². The van der Waals surface area contributed by atoms with Crippen LogP contribution in [-0.4, -0.2) is 31.8 Å². The normalized spacial score (nSPS) is 11.4. The molecule has 0 amide bonds. The lowest BCUT2D eigenvalue weighted by Crippen LogP contribution is -2.17. The van der Waals surface area contributed by atoms with E-state index in [1.54, 1.807) is 44.4 Å². The van der Waals surface area contributed by atoms with Crippen LogP contribution in [-0.2, 0) is 14.4 Å². The van der Waals surface area contributed by atoms with Crippen molar-refractivity contribution in [2.24, 2.45) is 17.8 Å². The van der Waals surface area contributed by atoms with Crippen molar-refractivity contribution in [2.45, 2.75) is 46.7 Å². The van der Waals surface area contributed by atoms with Crippen molar-refractivity contribution in [3.8, 4) is 28.6 Å². The van der Waals surface area contributed by atoms with Gasteiger partial charge in [0.25, 0.3) is 0 Å². The van der Waals surface area contributed by atoms with Crippen LogP contribution < -0.4 is 9.47 Å². The Hall–Kier alpha value is -3.98. The topological polar surface area (TPSA) is 100 Å². The Morgan fingerprint density at radius 1 is 0.769 bits per heavy atom. The molecule has 0 atom stereocenters. The number of benzene rings is 3. The molecule has 1 aromatic heterocycles. The average molecular weight is 546 g/mol. The van der Waals surface area contributed by atoms with Gasteiger partial charge >= 0.3 is 11.9 Å². The maximum absolute atomic E-state index is 12.8. The molecule has 8 nitrogen and oxygen atoms in total. The van der Waals surface area contributed by atoms with Crippen molar-refractivity contribution < 1.29 is 23.9 Å². The molecule has 3 aromatic carbocycles.